The van der Waals surface area contributed by atoms with Gasteiger partial charge in [0, 0.05) is 0 Å². The molecule has 1 N–H and O–H groups in total. The van der Waals surface area contributed by atoms with Gasteiger partial charge in [-0.1, -0.05) is 20.8 Å². The Labute approximate surface area is 128 Å². The molecule has 0 bridgehead atoms. The van der Waals surface area contributed by atoms with E-state index in [0.29, 0.717) is 29.2 Å². The molecular weight excluding hydrogens is 324 g/mol. The van der Waals surface area contributed by atoms with Crippen molar-refractivity contribution in [2.24, 2.45) is 5.41 Å². The van der Waals surface area contributed by atoms with E-state index in [4.69, 9.17) is 14.6 Å². The molecule has 0 atom stereocenters. The van der Waals surface area contributed by atoms with Crippen LogP contribution in [0.3, 0.4) is 0 Å². The van der Waals surface area contributed by atoms with Gasteiger partial charge in [-0.15, -0.1) is 0 Å². The Kier molecular flexibility index (Phi) is 5.87. The van der Waals surface area contributed by atoms with Crippen molar-refractivity contribution >= 4 is 21.9 Å². The molecule has 0 fully saturated rings. The molecule has 1 aromatic carbocycles. The first-order chi connectivity index (χ1) is 9.24. The highest BCUT2D eigenvalue weighted by molar-refractivity contribution is 9.10. The van der Waals surface area contributed by atoms with Crippen molar-refractivity contribution in [2.45, 2.75) is 34.1 Å². The largest absolute Gasteiger partial charge is 0.490 e. The van der Waals surface area contributed by atoms with E-state index >= 15 is 0 Å². The number of benzene rings is 1. The third-order valence-electron chi connectivity index (χ3n) is 2.65. The average molecular weight is 345 g/mol. The van der Waals surface area contributed by atoms with E-state index in [9.17, 15) is 4.79 Å². The molecule has 0 heterocycles. The molecule has 0 spiro atoms. The minimum absolute atomic E-state index is 0.170. The molecule has 5 heteroatoms. The molecule has 0 aliphatic rings. The van der Waals surface area contributed by atoms with Crippen LogP contribution in [-0.4, -0.2) is 24.3 Å². The predicted octanol–water partition coefficient (Wildman–Crippen LogP) is 4.36. The van der Waals surface area contributed by atoms with Crippen molar-refractivity contribution in [3.63, 3.8) is 0 Å². The van der Waals surface area contributed by atoms with Gasteiger partial charge in [-0.2, -0.15) is 0 Å². The van der Waals surface area contributed by atoms with Gasteiger partial charge >= 0.3 is 5.97 Å². The highest BCUT2D eigenvalue weighted by Crippen LogP contribution is 2.37. The second kappa shape index (κ2) is 6.97. The van der Waals surface area contributed by atoms with E-state index < -0.39 is 5.97 Å². The maximum Gasteiger partial charge on any atom is 0.335 e. The maximum atomic E-state index is 11.0. The number of hydrogen-bond acceptors (Lipinski definition) is 3. The second-order valence-corrected chi connectivity index (χ2v) is 6.54. The third kappa shape index (κ3) is 5.04. The molecule has 0 aromatic heterocycles. The van der Waals surface area contributed by atoms with Crippen LogP contribution in [0.25, 0.3) is 0 Å². The van der Waals surface area contributed by atoms with Gasteiger partial charge in [-0.25, -0.2) is 4.79 Å². The summed E-state index contributed by atoms with van der Waals surface area (Å²) in [6.07, 6.45) is 0.895. The lowest BCUT2D eigenvalue weighted by atomic mass is 9.93. The Hall–Kier alpha value is -1.23. The van der Waals surface area contributed by atoms with Crippen molar-refractivity contribution in [3.05, 3.63) is 22.2 Å². The van der Waals surface area contributed by atoms with Crippen molar-refractivity contribution in [1.29, 1.82) is 0 Å². The van der Waals surface area contributed by atoms with Crippen LogP contribution >= 0.6 is 15.9 Å². The summed E-state index contributed by atoms with van der Waals surface area (Å²) >= 11 is 3.35. The van der Waals surface area contributed by atoms with Crippen LogP contribution in [0.15, 0.2) is 16.6 Å². The normalized spacial score (nSPS) is 11.2. The van der Waals surface area contributed by atoms with E-state index in [2.05, 4.69) is 36.7 Å². The SMILES string of the molecule is CCOc1cc(C(=O)O)cc(Br)c1OCCC(C)(C)C. The van der Waals surface area contributed by atoms with Crippen molar-refractivity contribution in [3.8, 4) is 11.5 Å². The molecule has 0 radical (unpaired) electrons. The minimum atomic E-state index is -0.993. The number of halogens is 1. The molecule has 20 heavy (non-hydrogen) atoms. The quantitative estimate of drug-likeness (QED) is 0.832. The lowest BCUT2D eigenvalue weighted by Gasteiger charge is -2.20. The lowest BCUT2D eigenvalue weighted by molar-refractivity contribution is 0.0696. The first kappa shape index (κ1) is 16.8. The molecule has 0 unspecified atom stereocenters. The van der Waals surface area contributed by atoms with E-state index in [-0.39, 0.29) is 11.0 Å². The molecule has 112 valence electrons. The van der Waals surface area contributed by atoms with Crippen molar-refractivity contribution in [2.75, 3.05) is 13.2 Å². The second-order valence-electron chi connectivity index (χ2n) is 5.68. The Morgan fingerprint density at radius 1 is 1.30 bits per heavy atom. The Bertz CT molecular complexity index is 477. The topological polar surface area (TPSA) is 55.8 Å². The van der Waals surface area contributed by atoms with Gasteiger partial charge in [0.25, 0.3) is 0 Å². The van der Waals surface area contributed by atoms with Crippen LogP contribution in [0, 0.1) is 5.41 Å². The molecule has 0 saturated heterocycles. The number of rotatable bonds is 6. The summed E-state index contributed by atoms with van der Waals surface area (Å²) < 4.78 is 11.8. The fourth-order valence-corrected chi connectivity index (χ4v) is 2.11. The van der Waals surface area contributed by atoms with Gasteiger partial charge in [0.2, 0.25) is 0 Å². The van der Waals surface area contributed by atoms with Crippen LogP contribution in [-0.2, 0) is 0 Å². The van der Waals surface area contributed by atoms with Gasteiger partial charge in [0.15, 0.2) is 11.5 Å². The number of carbonyl (C=O) groups is 1. The minimum Gasteiger partial charge on any atom is -0.490 e. The van der Waals surface area contributed by atoms with Crippen molar-refractivity contribution < 1.29 is 19.4 Å². The average Bonchev–Trinajstić information content (AvgIpc) is 2.30. The third-order valence-corrected chi connectivity index (χ3v) is 3.24. The molecule has 1 aromatic rings. The highest BCUT2D eigenvalue weighted by Gasteiger charge is 2.17. The number of hydrogen-bond donors (Lipinski definition) is 1. The van der Waals surface area contributed by atoms with E-state index in [1.165, 1.54) is 12.1 Å². The monoisotopic (exact) mass is 344 g/mol. The Morgan fingerprint density at radius 2 is 1.95 bits per heavy atom. The summed E-state index contributed by atoms with van der Waals surface area (Å²) in [6.45, 7) is 9.27. The summed E-state index contributed by atoms with van der Waals surface area (Å²) in [5.41, 5.74) is 0.350. The Balaban J connectivity index is 2.96. The number of ether oxygens (including phenoxy) is 2. The fourth-order valence-electron chi connectivity index (χ4n) is 1.55. The zero-order valence-corrected chi connectivity index (χ0v) is 13.9. The first-order valence-corrected chi connectivity index (χ1v) is 7.36. The molecule has 4 nitrogen and oxygen atoms in total. The van der Waals surface area contributed by atoms with Crippen LogP contribution in [0.2, 0.25) is 0 Å². The smallest absolute Gasteiger partial charge is 0.335 e. The zero-order valence-electron chi connectivity index (χ0n) is 12.3. The Morgan fingerprint density at radius 3 is 2.45 bits per heavy atom. The van der Waals surface area contributed by atoms with Gasteiger partial charge < -0.3 is 14.6 Å². The van der Waals surface area contributed by atoms with Crippen LogP contribution in [0.5, 0.6) is 11.5 Å². The lowest BCUT2D eigenvalue weighted by Crippen LogP contribution is -2.12. The summed E-state index contributed by atoms with van der Waals surface area (Å²) in [5.74, 6) is 0.0159. The molecule has 1 rings (SSSR count). The first-order valence-electron chi connectivity index (χ1n) is 6.57. The molecule has 0 amide bonds. The number of aromatic carboxylic acids is 1. The molecule has 0 aliphatic heterocycles. The standard InChI is InChI=1S/C15H21BrO4/c1-5-19-12-9-10(14(17)18)8-11(16)13(12)20-7-6-15(2,3)4/h8-9H,5-7H2,1-4H3,(H,17,18). The highest BCUT2D eigenvalue weighted by atomic mass is 79.9. The zero-order chi connectivity index (χ0) is 15.3. The predicted molar refractivity (Wildman–Crippen MR) is 81.8 cm³/mol. The van der Waals surface area contributed by atoms with Gasteiger partial charge in [-0.3, -0.25) is 0 Å². The van der Waals surface area contributed by atoms with E-state index in [1.54, 1.807) is 0 Å². The maximum absolute atomic E-state index is 11.0. The van der Waals surface area contributed by atoms with E-state index in [0.717, 1.165) is 6.42 Å². The van der Waals surface area contributed by atoms with Crippen LogP contribution in [0.4, 0.5) is 0 Å². The number of carboxylic acid groups (broad SMARTS) is 1. The number of carboxylic acids is 1. The van der Waals surface area contributed by atoms with Gasteiger partial charge in [0.1, 0.15) is 0 Å². The van der Waals surface area contributed by atoms with Crippen molar-refractivity contribution in [1.82, 2.24) is 0 Å². The van der Waals surface area contributed by atoms with Crippen LogP contribution < -0.4 is 9.47 Å². The van der Waals surface area contributed by atoms with Gasteiger partial charge in [-0.05, 0) is 46.8 Å². The molecular formula is C15H21BrO4. The van der Waals surface area contributed by atoms with E-state index in [1.807, 2.05) is 6.92 Å². The van der Waals surface area contributed by atoms with Gasteiger partial charge in [0.05, 0.1) is 23.2 Å². The van der Waals surface area contributed by atoms with Crippen LogP contribution in [0.1, 0.15) is 44.5 Å². The molecule has 0 saturated carbocycles. The summed E-state index contributed by atoms with van der Waals surface area (Å²) in [5, 5.41) is 9.06. The fraction of sp³-hybridized carbons (Fsp3) is 0.533. The summed E-state index contributed by atoms with van der Waals surface area (Å²) in [4.78, 5) is 11.0. The molecule has 0 aliphatic carbocycles. The summed E-state index contributed by atoms with van der Waals surface area (Å²) in [7, 11) is 0. The summed E-state index contributed by atoms with van der Waals surface area (Å²) in [6, 6.07) is 3.01.